The van der Waals surface area contributed by atoms with E-state index < -0.39 is 56.7 Å². The average molecular weight is 709 g/mol. The minimum Gasteiger partial charge on any atom is -0.472 e. The molecule has 4 bridgehead atoms. The van der Waals surface area contributed by atoms with E-state index >= 15 is 0 Å². The Hall–Kier alpha value is -3.74. The second-order valence-electron chi connectivity index (χ2n) is 15.0. The lowest BCUT2D eigenvalue weighted by Crippen LogP contribution is -2.57. The van der Waals surface area contributed by atoms with Crippen LogP contribution in [0, 0.1) is 17.8 Å². The fraction of sp³-hybridized carbons (Fsp3) is 0.649. The smallest absolute Gasteiger partial charge is 0.306 e. The molecule has 2 aromatic rings. The number of nitrogens with one attached hydrogen (secondary N) is 2. The molecule has 5 atom stereocenters. The first-order valence-corrected chi connectivity index (χ1v) is 20.0. The third-order valence-electron chi connectivity index (χ3n) is 11.5. The molecule has 1 saturated heterocycles. The Kier molecular flexibility index (Phi) is 9.79. The van der Waals surface area contributed by atoms with Crippen molar-refractivity contribution in [2.24, 2.45) is 17.8 Å². The van der Waals surface area contributed by atoms with Gasteiger partial charge in [0.1, 0.15) is 17.7 Å². The van der Waals surface area contributed by atoms with Gasteiger partial charge in [-0.15, -0.1) is 0 Å². The van der Waals surface area contributed by atoms with Crippen LogP contribution >= 0.6 is 0 Å². The van der Waals surface area contributed by atoms with E-state index in [4.69, 9.17) is 9.47 Å². The number of ether oxygens (including phenoxy) is 2. The molecule has 2 N–H and O–H groups in total. The van der Waals surface area contributed by atoms with Crippen LogP contribution in [0.25, 0.3) is 10.8 Å². The van der Waals surface area contributed by atoms with Crippen molar-refractivity contribution >= 4 is 44.5 Å². The lowest BCUT2D eigenvalue weighted by Gasteiger charge is -2.34. The van der Waals surface area contributed by atoms with Crippen LogP contribution in [0.4, 0.5) is 0 Å². The molecular weight excluding hydrogens is 660 g/mol. The van der Waals surface area contributed by atoms with Gasteiger partial charge in [0, 0.05) is 18.0 Å². The summed E-state index contributed by atoms with van der Waals surface area (Å²) >= 11 is 0. The second-order valence-corrected chi connectivity index (χ2v) is 16.9. The number of cyclic esters (lactones) is 1. The molecule has 2 aliphatic heterocycles. The Morgan fingerprint density at radius 3 is 2.58 bits per heavy atom. The van der Waals surface area contributed by atoms with E-state index in [0.717, 1.165) is 61.3 Å². The number of aryl methyl sites for hydroxylation is 1. The lowest BCUT2D eigenvalue weighted by molar-refractivity contribution is -0.152. The molecule has 3 heterocycles. The summed E-state index contributed by atoms with van der Waals surface area (Å²) in [6.07, 6.45) is 9.99. The van der Waals surface area contributed by atoms with Gasteiger partial charge in [0.05, 0.1) is 30.7 Å². The Bertz CT molecular complexity index is 1760. The number of hydrogen-bond donors (Lipinski definition) is 2. The SMILES string of the molecule is CC[C@@H]1C[C@]1(NC(=O)[C@@H]1C[C@@H]2CN1C(=O)[C@H](C1CCCCC1)CC(=O)OCCCCc1ccc3ccnc(c3c1)O2)C(=O)NS(=O)(=O)C1CC1. The summed E-state index contributed by atoms with van der Waals surface area (Å²) in [7, 11) is -3.83. The molecule has 50 heavy (non-hydrogen) atoms. The average Bonchev–Trinajstić information content (AvgIpc) is 4.04. The normalized spacial score (nSPS) is 29.6. The van der Waals surface area contributed by atoms with Crippen LogP contribution in [0.15, 0.2) is 30.5 Å². The number of carbonyl (C=O) groups excluding carboxylic acids is 4. The predicted molar refractivity (Wildman–Crippen MR) is 184 cm³/mol. The molecule has 3 saturated carbocycles. The summed E-state index contributed by atoms with van der Waals surface area (Å²) in [5.74, 6) is -2.48. The fourth-order valence-corrected chi connectivity index (χ4v) is 9.69. The zero-order valence-electron chi connectivity index (χ0n) is 28.7. The van der Waals surface area contributed by atoms with E-state index in [1.165, 1.54) is 4.90 Å². The highest BCUT2D eigenvalue weighted by molar-refractivity contribution is 7.91. The van der Waals surface area contributed by atoms with Crippen molar-refractivity contribution in [1.82, 2.24) is 19.9 Å². The standard InChI is InChI=1S/C37H48N4O8S/c1-2-26-21-37(26,36(45)40-50(46,47)28-13-14-28)39-33(43)31-19-27-22-41(31)35(44)30(24-9-4-3-5-10-24)20-32(42)48-17-7-6-8-23-11-12-25-15-16-38-34(49-27)29(25)18-23/h11-12,15-16,18,24,26-28,30-31H,2-10,13-14,17,19-22H2,1H3,(H,39,43)(H,40,45)/t26-,27-,30+,31+,37-/m1/s1. The topological polar surface area (TPSA) is 161 Å². The van der Waals surface area contributed by atoms with Gasteiger partial charge in [0.2, 0.25) is 27.7 Å². The van der Waals surface area contributed by atoms with Gasteiger partial charge in [-0.25, -0.2) is 13.4 Å². The third kappa shape index (κ3) is 7.20. The predicted octanol–water partition coefficient (Wildman–Crippen LogP) is 3.94. The zero-order chi connectivity index (χ0) is 35.0. The van der Waals surface area contributed by atoms with Crippen LogP contribution in [0.3, 0.4) is 0 Å². The van der Waals surface area contributed by atoms with E-state index in [0.29, 0.717) is 38.0 Å². The number of pyridine rings is 1. The van der Waals surface area contributed by atoms with E-state index in [9.17, 15) is 27.6 Å². The third-order valence-corrected chi connectivity index (χ3v) is 13.3. The van der Waals surface area contributed by atoms with Crippen molar-refractivity contribution < 1.29 is 37.1 Å². The van der Waals surface area contributed by atoms with Gasteiger partial charge in [-0.1, -0.05) is 44.7 Å². The molecule has 270 valence electrons. The number of carbonyl (C=O) groups is 4. The van der Waals surface area contributed by atoms with Gasteiger partial charge < -0.3 is 19.7 Å². The zero-order valence-corrected chi connectivity index (χ0v) is 29.5. The van der Waals surface area contributed by atoms with E-state index in [1.807, 2.05) is 19.1 Å². The van der Waals surface area contributed by atoms with Crippen LogP contribution in [-0.4, -0.2) is 78.1 Å². The number of hydrogen-bond acceptors (Lipinski definition) is 9. The van der Waals surface area contributed by atoms with Crippen molar-refractivity contribution in [3.63, 3.8) is 0 Å². The quantitative estimate of drug-likeness (QED) is 0.406. The minimum absolute atomic E-state index is 0.0240. The number of benzene rings is 1. The molecule has 13 heteroatoms. The molecule has 3 aliphatic carbocycles. The molecule has 1 aromatic carbocycles. The molecule has 0 radical (unpaired) electrons. The van der Waals surface area contributed by atoms with Gasteiger partial charge in [-0.3, -0.25) is 23.9 Å². The number of nitrogens with zero attached hydrogens (tertiary/aromatic N) is 2. The molecule has 7 rings (SSSR count). The number of aromatic nitrogens is 1. The Morgan fingerprint density at radius 1 is 1.04 bits per heavy atom. The summed E-state index contributed by atoms with van der Waals surface area (Å²) in [6.45, 7) is 2.26. The monoisotopic (exact) mass is 708 g/mol. The summed E-state index contributed by atoms with van der Waals surface area (Å²) in [5, 5.41) is 4.12. The van der Waals surface area contributed by atoms with Crippen molar-refractivity contribution in [2.75, 3.05) is 13.2 Å². The molecule has 0 spiro atoms. The Morgan fingerprint density at radius 2 is 1.84 bits per heavy atom. The molecule has 4 fully saturated rings. The first kappa shape index (κ1) is 34.7. The molecular formula is C37H48N4O8S. The molecule has 5 aliphatic rings. The van der Waals surface area contributed by atoms with Gasteiger partial charge in [0.15, 0.2) is 0 Å². The largest absolute Gasteiger partial charge is 0.472 e. The second kappa shape index (κ2) is 14.1. The van der Waals surface area contributed by atoms with E-state index in [-0.39, 0.29) is 43.7 Å². The van der Waals surface area contributed by atoms with Crippen molar-refractivity contribution in [3.8, 4) is 5.88 Å². The maximum Gasteiger partial charge on any atom is 0.306 e. The van der Waals surface area contributed by atoms with Gasteiger partial charge >= 0.3 is 5.97 Å². The lowest BCUT2D eigenvalue weighted by atomic mass is 9.77. The van der Waals surface area contributed by atoms with Gasteiger partial charge in [-0.2, -0.15) is 0 Å². The van der Waals surface area contributed by atoms with E-state index in [2.05, 4.69) is 27.2 Å². The van der Waals surface area contributed by atoms with Crippen LogP contribution in [0.1, 0.15) is 96.0 Å². The number of rotatable bonds is 7. The highest BCUT2D eigenvalue weighted by Crippen LogP contribution is 2.47. The highest BCUT2D eigenvalue weighted by atomic mass is 32.2. The first-order chi connectivity index (χ1) is 24.1. The van der Waals surface area contributed by atoms with Crippen molar-refractivity contribution in [2.45, 2.75) is 120 Å². The number of fused-ring (bicyclic) bond motifs is 3. The summed E-state index contributed by atoms with van der Waals surface area (Å²) in [4.78, 5) is 61.8. The summed E-state index contributed by atoms with van der Waals surface area (Å²) in [6, 6.07) is 7.06. The summed E-state index contributed by atoms with van der Waals surface area (Å²) < 4.78 is 39.8. The maximum absolute atomic E-state index is 14.7. The van der Waals surface area contributed by atoms with Crippen LogP contribution in [-0.2, 0) is 40.4 Å². The Balaban J connectivity index is 1.20. The van der Waals surface area contributed by atoms with Crippen molar-refractivity contribution in [3.05, 3.63) is 36.0 Å². The molecule has 0 unspecified atom stereocenters. The molecule has 1 aromatic heterocycles. The van der Waals surface area contributed by atoms with Crippen LogP contribution in [0.2, 0.25) is 0 Å². The number of esters is 1. The fourth-order valence-electron chi connectivity index (χ4n) is 8.33. The maximum atomic E-state index is 14.7. The minimum atomic E-state index is -3.83. The van der Waals surface area contributed by atoms with Crippen LogP contribution < -0.4 is 14.8 Å². The van der Waals surface area contributed by atoms with Crippen molar-refractivity contribution in [1.29, 1.82) is 0 Å². The van der Waals surface area contributed by atoms with E-state index in [1.54, 1.807) is 6.20 Å². The molecule has 3 amide bonds. The first-order valence-electron chi connectivity index (χ1n) is 18.5. The number of sulfonamides is 1. The summed E-state index contributed by atoms with van der Waals surface area (Å²) in [5.41, 5.74) is -0.277. The molecule has 12 nitrogen and oxygen atoms in total. The number of amides is 3. The van der Waals surface area contributed by atoms with Gasteiger partial charge in [-0.05, 0) is 86.3 Å². The van der Waals surface area contributed by atoms with Gasteiger partial charge in [0.25, 0.3) is 5.91 Å². The Labute approximate surface area is 293 Å². The highest BCUT2D eigenvalue weighted by Gasteiger charge is 2.62. The van der Waals surface area contributed by atoms with Crippen LogP contribution in [0.5, 0.6) is 5.88 Å².